The highest BCUT2D eigenvalue weighted by atomic mass is 16.5. The van der Waals surface area contributed by atoms with Crippen LogP contribution in [0.5, 0.6) is 11.5 Å². The highest BCUT2D eigenvalue weighted by Gasteiger charge is 2.51. The normalized spacial score (nSPS) is 17.1. The molecule has 35 heavy (non-hydrogen) atoms. The maximum absolute atomic E-state index is 13.2. The van der Waals surface area contributed by atoms with Gasteiger partial charge in [-0.3, -0.25) is 9.69 Å². The molecule has 1 aromatic heterocycles. The zero-order chi connectivity index (χ0) is 24.2. The molecule has 1 aliphatic rings. The van der Waals surface area contributed by atoms with Gasteiger partial charge in [-0.2, -0.15) is 0 Å². The predicted molar refractivity (Wildman–Crippen MR) is 133 cm³/mol. The number of aromatic nitrogens is 3. The first-order chi connectivity index (χ1) is 17.1. The molecule has 1 aliphatic heterocycles. The number of β-lactam (4-membered cyclic amide) rings is 1. The number of carbonyl (C=O) groups excluding carboxylic acids is 1. The van der Waals surface area contributed by atoms with Crippen molar-refractivity contribution in [2.45, 2.75) is 32.2 Å². The lowest BCUT2D eigenvalue weighted by Crippen LogP contribution is -2.61. The Labute approximate surface area is 204 Å². The fraction of sp³-hybridized carbons (Fsp3) is 0.179. The molecular formula is C28H26N4O3. The minimum absolute atomic E-state index is 0.0769. The van der Waals surface area contributed by atoms with Gasteiger partial charge < -0.3 is 9.47 Å². The molecule has 1 saturated heterocycles. The largest absolute Gasteiger partial charge is 0.487 e. The number of aryl methyl sites for hydroxylation is 1. The Morgan fingerprint density at radius 2 is 1.71 bits per heavy atom. The third-order valence-electron chi connectivity index (χ3n) is 5.87. The highest BCUT2D eigenvalue weighted by Crippen LogP contribution is 2.41. The Balaban J connectivity index is 1.32. The predicted octanol–water partition coefficient (Wildman–Crippen LogP) is 4.89. The van der Waals surface area contributed by atoms with Gasteiger partial charge in [0.05, 0.1) is 12.7 Å². The molecular weight excluding hydrogens is 440 g/mol. The SMILES string of the molecule is C=CCn1cc(COc2ccc(N3C(=O)C(Oc4ccccc4)C3c3ccc(C)cc3)cc2)nn1. The van der Waals surface area contributed by atoms with E-state index in [2.05, 4.69) is 41.2 Å². The minimum Gasteiger partial charge on any atom is -0.487 e. The van der Waals surface area contributed by atoms with Crippen molar-refractivity contribution in [2.24, 2.45) is 0 Å². The summed E-state index contributed by atoms with van der Waals surface area (Å²) in [5, 5.41) is 8.12. The van der Waals surface area contributed by atoms with Crippen LogP contribution in [-0.4, -0.2) is 27.0 Å². The van der Waals surface area contributed by atoms with E-state index in [0.717, 1.165) is 22.5 Å². The molecule has 3 aromatic carbocycles. The van der Waals surface area contributed by atoms with Gasteiger partial charge in [-0.25, -0.2) is 4.68 Å². The first-order valence-corrected chi connectivity index (χ1v) is 11.5. The first-order valence-electron chi connectivity index (χ1n) is 11.5. The molecule has 0 radical (unpaired) electrons. The van der Waals surface area contributed by atoms with Crippen LogP contribution in [0, 0.1) is 6.92 Å². The second-order valence-electron chi connectivity index (χ2n) is 8.42. The van der Waals surface area contributed by atoms with Crippen LogP contribution in [-0.2, 0) is 17.9 Å². The smallest absolute Gasteiger partial charge is 0.271 e. The highest BCUT2D eigenvalue weighted by molar-refractivity contribution is 6.05. The third-order valence-corrected chi connectivity index (χ3v) is 5.87. The molecule has 0 saturated carbocycles. The number of amides is 1. The second-order valence-corrected chi connectivity index (χ2v) is 8.42. The quantitative estimate of drug-likeness (QED) is 0.260. The molecule has 7 heteroatoms. The lowest BCUT2D eigenvalue weighted by Gasteiger charge is -2.46. The van der Waals surface area contributed by atoms with Gasteiger partial charge in [0, 0.05) is 5.69 Å². The minimum atomic E-state index is -0.589. The summed E-state index contributed by atoms with van der Waals surface area (Å²) in [5.41, 5.74) is 3.71. The van der Waals surface area contributed by atoms with E-state index in [4.69, 9.17) is 9.47 Å². The number of ether oxygens (including phenoxy) is 2. The molecule has 0 spiro atoms. The fourth-order valence-corrected chi connectivity index (χ4v) is 4.08. The van der Waals surface area contributed by atoms with E-state index >= 15 is 0 Å². The van der Waals surface area contributed by atoms with Crippen molar-refractivity contribution in [3.8, 4) is 11.5 Å². The van der Waals surface area contributed by atoms with Crippen LogP contribution < -0.4 is 14.4 Å². The van der Waals surface area contributed by atoms with Crippen molar-refractivity contribution >= 4 is 11.6 Å². The van der Waals surface area contributed by atoms with Crippen molar-refractivity contribution in [2.75, 3.05) is 4.90 Å². The van der Waals surface area contributed by atoms with Crippen molar-refractivity contribution in [1.29, 1.82) is 0 Å². The number of hydrogen-bond donors (Lipinski definition) is 0. The van der Waals surface area contributed by atoms with Crippen molar-refractivity contribution in [3.63, 3.8) is 0 Å². The number of benzene rings is 3. The molecule has 0 N–H and O–H groups in total. The van der Waals surface area contributed by atoms with Crippen LogP contribution in [0.25, 0.3) is 0 Å². The topological polar surface area (TPSA) is 69.5 Å². The standard InChI is InChI=1S/C28H26N4O3/c1-3-17-31-18-22(29-30-31)19-34-24-15-13-23(14-16-24)32-26(21-11-9-20(2)10-12-21)27(28(32)33)35-25-7-5-4-6-8-25/h3-16,18,26-27H,1,17,19H2,2H3. The van der Waals surface area contributed by atoms with Crippen LogP contribution in [0.15, 0.2) is 97.7 Å². The van der Waals surface area contributed by atoms with Crippen LogP contribution >= 0.6 is 0 Å². The van der Waals surface area contributed by atoms with Gasteiger partial charge in [0.1, 0.15) is 29.8 Å². The van der Waals surface area contributed by atoms with E-state index in [1.54, 1.807) is 15.7 Å². The van der Waals surface area contributed by atoms with Crippen molar-refractivity contribution in [3.05, 3.63) is 115 Å². The van der Waals surface area contributed by atoms with Gasteiger partial charge in [0.15, 0.2) is 0 Å². The maximum Gasteiger partial charge on any atom is 0.271 e. The molecule has 0 bridgehead atoms. The van der Waals surface area contributed by atoms with Crippen LogP contribution in [0.4, 0.5) is 5.69 Å². The summed E-state index contributed by atoms with van der Waals surface area (Å²) in [4.78, 5) is 15.0. The summed E-state index contributed by atoms with van der Waals surface area (Å²) >= 11 is 0. The van der Waals surface area contributed by atoms with Crippen LogP contribution in [0.2, 0.25) is 0 Å². The van der Waals surface area contributed by atoms with Gasteiger partial charge in [-0.15, -0.1) is 11.7 Å². The van der Waals surface area contributed by atoms with Crippen molar-refractivity contribution < 1.29 is 14.3 Å². The van der Waals surface area contributed by atoms with Crippen LogP contribution in [0.3, 0.4) is 0 Å². The summed E-state index contributed by atoms with van der Waals surface area (Å²) in [6.07, 6.45) is 3.00. The average Bonchev–Trinajstić information content (AvgIpc) is 3.34. The Bertz CT molecular complexity index is 1300. The van der Waals surface area contributed by atoms with E-state index in [-0.39, 0.29) is 11.9 Å². The Morgan fingerprint density at radius 1 is 0.971 bits per heavy atom. The van der Waals surface area contributed by atoms with Gasteiger partial charge in [-0.05, 0) is 48.9 Å². The van der Waals surface area contributed by atoms with Gasteiger partial charge in [-0.1, -0.05) is 59.3 Å². The molecule has 1 fully saturated rings. The van der Waals surface area contributed by atoms with Crippen LogP contribution in [0.1, 0.15) is 22.9 Å². The summed E-state index contributed by atoms with van der Waals surface area (Å²) < 4.78 is 13.7. The molecule has 5 rings (SSSR count). The Kier molecular flexibility index (Phi) is 6.30. The van der Waals surface area contributed by atoms with Gasteiger partial charge in [0.25, 0.3) is 5.91 Å². The van der Waals surface area contributed by atoms with E-state index in [9.17, 15) is 4.79 Å². The number of allylic oxidation sites excluding steroid dienone is 1. The molecule has 176 valence electrons. The van der Waals surface area contributed by atoms with E-state index in [0.29, 0.717) is 24.7 Å². The summed E-state index contributed by atoms with van der Waals surface area (Å²) in [6, 6.07) is 24.9. The average molecular weight is 467 g/mol. The lowest BCUT2D eigenvalue weighted by atomic mass is 9.89. The summed E-state index contributed by atoms with van der Waals surface area (Å²) in [7, 11) is 0. The van der Waals surface area contributed by atoms with E-state index < -0.39 is 6.10 Å². The Morgan fingerprint density at radius 3 is 2.43 bits per heavy atom. The molecule has 7 nitrogen and oxygen atoms in total. The third kappa shape index (κ3) is 4.80. The summed E-state index contributed by atoms with van der Waals surface area (Å²) in [6.45, 7) is 6.65. The fourth-order valence-electron chi connectivity index (χ4n) is 4.08. The molecule has 0 aliphatic carbocycles. The number of nitrogens with zero attached hydrogens (tertiary/aromatic N) is 4. The lowest BCUT2D eigenvalue weighted by molar-refractivity contribution is -0.135. The maximum atomic E-state index is 13.2. The monoisotopic (exact) mass is 466 g/mol. The number of carbonyl (C=O) groups is 1. The number of hydrogen-bond acceptors (Lipinski definition) is 5. The zero-order valence-corrected chi connectivity index (χ0v) is 19.4. The summed E-state index contributed by atoms with van der Waals surface area (Å²) in [5.74, 6) is 1.28. The molecule has 1 amide bonds. The molecule has 4 aromatic rings. The van der Waals surface area contributed by atoms with Crippen molar-refractivity contribution in [1.82, 2.24) is 15.0 Å². The Hall–Kier alpha value is -4.39. The van der Waals surface area contributed by atoms with Gasteiger partial charge in [0.2, 0.25) is 6.10 Å². The van der Waals surface area contributed by atoms with E-state index in [1.807, 2.05) is 67.7 Å². The number of para-hydroxylation sites is 1. The molecule has 2 unspecified atom stereocenters. The molecule has 2 heterocycles. The second kappa shape index (κ2) is 9.85. The number of anilines is 1. The molecule has 2 atom stereocenters. The zero-order valence-electron chi connectivity index (χ0n) is 19.4. The van der Waals surface area contributed by atoms with Gasteiger partial charge >= 0.3 is 0 Å². The first kappa shape index (κ1) is 22.4. The number of rotatable bonds is 9. The van der Waals surface area contributed by atoms with E-state index in [1.165, 1.54) is 0 Å².